The molecular formula is C16H16ClF2NO. The Morgan fingerprint density at radius 2 is 1.90 bits per heavy atom. The van der Waals surface area contributed by atoms with Crippen molar-refractivity contribution in [3.63, 3.8) is 0 Å². The number of benzene rings is 2. The molecule has 0 radical (unpaired) electrons. The van der Waals surface area contributed by atoms with Crippen LogP contribution in [0.5, 0.6) is 5.75 Å². The zero-order valence-corrected chi connectivity index (χ0v) is 12.4. The maximum Gasteiger partial charge on any atom is 0.159 e. The fourth-order valence-electron chi connectivity index (χ4n) is 1.83. The first-order valence-electron chi connectivity index (χ1n) is 6.70. The van der Waals surface area contributed by atoms with Crippen LogP contribution in [0.2, 0.25) is 5.02 Å². The lowest BCUT2D eigenvalue weighted by molar-refractivity contribution is 0.319. The summed E-state index contributed by atoms with van der Waals surface area (Å²) in [5, 5.41) is 3.70. The Balaban J connectivity index is 2.10. The van der Waals surface area contributed by atoms with Crippen molar-refractivity contribution in [1.29, 1.82) is 0 Å². The van der Waals surface area contributed by atoms with Gasteiger partial charge in [-0.05, 0) is 42.3 Å². The number of rotatable bonds is 6. The van der Waals surface area contributed by atoms with Crippen LogP contribution in [0.25, 0.3) is 0 Å². The Labute approximate surface area is 127 Å². The first kappa shape index (κ1) is 15.6. The van der Waals surface area contributed by atoms with E-state index in [1.54, 1.807) is 18.2 Å². The van der Waals surface area contributed by atoms with Gasteiger partial charge in [0, 0.05) is 11.6 Å². The van der Waals surface area contributed by atoms with Gasteiger partial charge in [0.05, 0.1) is 12.3 Å². The molecule has 0 amide bonds. The molecule has 0 bridgehead atoms. The maximum atomic E-state index is 13.2. The molecule has 2 aromatic carbocycles. The van der Waals surface area contributed by atoms with Crippen molar-refractivity contribution in [3.8, 4) is 5.75 Å². The molecule has 0 aliphatic carbocycles. The smallest absolute Gasteiger partial charge is 0.159 e. The molecule has 0 aliphatic rings. The molecule has 0 unspecified atom stereocenters. The summed E-state index contributed by atoms with van der Waals surface area (Å²) in [6.07, 6.45) is 0.894. The minimum atomic E-state index is -0.858. The zero-order valence-electron chi connectivity index (χ0n) is 11.6. The zero-order chi connectivity index (χ0) is 15.2. The van der Waals surface area contributed by atoms with Gasteiger partial charge >= 0.3 is 0 Å². The van der Waals surface area contributed by atoms with Crippen LogP contribution < -0.4 is 10.1 Å². The molecule has 0 spiro atoms. The molecule has 0 heterocycles. The summed E-state index contributed by atoms with van der Waals surface area (Å²) in [7, 11) is 0. The largest absolute Gasteiger partial charge is 0.491 e. The lowest BCUT2D eigenvalue weighted by atomic mass is 10.2. The Morgan fingerprint density at radius 3 is 2.62 bits per heavy atom. The highest BCUT2D eigenvalue weighted by Gasteiger charge is 2.06. The fraction of sp³-hybridized carbons (Fsp3) is 0.250. The first-order chi connectivity index (χ1) is 10.1. The second-order valence-electron chi connectivity index (χ2n) is 4.59. The number of nitrogens with one attached hydrogen (secondary N) is 1. The van der Waals surface area contributed by atoms with E-state index in [-0.39, 0.29) is 0 Å². The number of hydrogen-bond acceptors (Lipinski definition) is 2. The molecule has 112 valence electrons. The fourth-order valence-corrected chi connectivity index (χ4v) is 2.00. The van der Waals surface area contributed by atoms with Crippen LogP contribution in [-0.4, -0.2) is 6.61 Å². The van der Waals surface area contributed by atoms with Crippen molar-refractivity contribution >= 4 is 17.3 Å². The van der Waals surface area contributed by atoms with E-state index in [4.69, 9.17) is 16.3 Å². The van der Waals surface area contributed by atoms with E-state index in [1.165, 1.54) is 12.1 Å². The van der Waals surface area contributed by atoms with Crippen LogP contribution in [0.15, 0.2) is 36.4 Å². The van der Waals surface area contributed by atoms with Gasteiger partial charge in [-0.3, -0.25) is 0 Å². The van der Waals surface area contributed by atoms with Gasteiger partial charge in [0.25, 0.3) is 0 Å². The van der Waals surface area contributed by atoms with Gasteiger partial charge in [0.1, 0.15) is 5.75 Å². The Hall–Kier alpha value is -1.81. The van der Waals surface area contributed by atoms with Crippen LogP contribution in [0.4, 0.5) is 14.5 Å². The van der Waals surface area contributed by atoms with Crippen LogP contribution in [-0.2, 0) is 6.54 Å². The van der Waals surface area contributed by atoms with Crippen molar-refractivity contribution in [2.24, 2.45) is 0 Å². The van der Waals surface area contributed by atoms with E-state index in [0.29, 0.717) is 29.5 Å². The summed E-state index contributed by atoms with van der Waals surface area (Å²) in [5.74, 6) is -1.03. The summed E-state index contributed by atoms with van der Waals surface area (Å²) in [6, 6.07) is 9.08. The molecule has 0 fully saturated rings. The minimum absolute atomic E-state index is 0.347. The predicted octanol–water partition coefficient (Wildman–Crippen LogP) is 5.02. The molecule has 21 heavy (non-hydrogen) atoms. The molecule has 5 heteroatoms. The van der Waals surface area contributed by atoms with E-state index >= 15 is 0 Å². The van der Waals surface area contributed by atoms with Crippen molar-refractivity contribution < 1.29 is 13.5 Å². The van der Waals surface area contributed by atoms with E-state index < -0.39 is 11.6 Å². The third kappa shape index (κ3) is 4.33. The van der Waals surface area contributed by atoms with E-state index in [1.807, 2.05) is 6.92 Å². The Morgan fingerprint density at radius 1 is 1.10 bits per heavy atom. The quantitative estimate of drug-likeness (QED) is 0.809. The van der Waals surface area contributed by atoms with Crippen molar-refractivity contribution in [2.75, 3.05) is 11.9 Å². The average Bonchev–Trinajstić information content (AvgIpc) is 2.47. The van der Waals surface area contributed by atoms with Crippen LogP contribution >= 0.6 is 11.6 Å². The summed E-state index contributed by atoms with van der Waals surface area (Å²) in [4.78, 5) is 0. The minimum Gasteiger partial charge on any atom is -0.491 e. The monoisotopic (exact) mass is 311 g/mol. The van der Waals surface area contributed by atoms with Gasteiger partial charge in [-0.2, -0.15) is 0 Å². The van der Waals surface area contributed by atoms with Crippen molar-refractivity contribution in [2.45, 2.75) is 19.9 Å². The highest BCUT2D eigenvalue weighted by Crippen LogP contribution is 2.28. The lowest BCUT2D eigenvalue weighted by Crippen LogP contribution is -2.04. The van der Waals surface area contributed by atoms with Crippen LogP contribution in [0.3, 0.4) is 0 Å². The van der Waals surface area contributed by atoms with Gasteiger partial charge in [-0.1, -0.05) is 24.6 Å². The second-order valence-corrected chi connectivity index (χ2v) is 5.03. The van der Waals surface area contributed by atoms with Gasteiger partial charge < -0.3 is 10.1 Å². The molecule has 0 atom stereocenters. The molecule has 0 aromatic heterocycles. The lowest BCUT2D eigenvalue weighted by Gasteiger charge is -2.13. The molecule has 0 saturated carbocycles. The summed E-state index contributed by atoms with van der Waals surface area (Å²) >= 11 is 5.97. The maximum absolute atomic E-state index is 13.2. The second kappa shape index (κ2) is 7.27. The molecule has 0 saturated heterocycles. The average molecular weight is 312 g/mol. The molecule has 2 rings (SSSR count). The molecule has 0 aliphatic heterocycles. The van der Waals surface area contributed by atoms with E-state index in [2.05, 4.69) is 5.32 Å². The highest BCUT2D eigenvalue weighted by atomic mass is 35.5. The Kier molecular flexibility index (Phi) is 5.39. The van der Waals surface area contributed by atoms with E-state index in [9.17, 15) is 8.78 Å². The standard InChI is InChI=1S/C16H16ClF2NO/c1-2-7-21-16-6-4-12(17)9-15(16)20-10-11-3-5-13(18)14(19)8-11/h3-6,8-9,20H,2,7,10H2,1H3. The topological polar surface area (TPSA) is 21.3 Å². The third-order valence-electron chi connectivity index (χ3n) is 2.87. The number of hydrogen-bond donors (Lipinski definition) is 1. The van der Waals surface area contributed by atoms with Crippen molar-refractivity contribution in [3.05, 3.63) is 58.6 Å². The summed E-state index contributed by atoms with van der Waals surface area (Å²) in [6.45, 7) is 2.96. The van der Waals surface area contributed by atoms with Crippen LogP contribution in [0, 0.1) is 11.6 Å². The Bertz CT molecular complexity index is 619. The summed E-state index contributed by atoms with van der Waals surface area (Å²) < 4.78 is 31.7. The van der Waals surface area contributed by atoms with Gasteiger partial charge in [-0.15, -0.1) is 0 Å². The summed E-state index contributed by atoms with van der Waals surface area (Å²) in [5.41, 5.74) is 1.36. The molecule has 2 aromatic rings. The number of halogens is 3. The highest BCUT2D eigenvalue weighted by molar-refractivity contribution is 6.30. The van der Waals surface area contributed by atoms with Crippen LogP contribution in [0.1, 0.15) is 18.9 Å². The molecular weight excluding hydrogens is 296 g/mol. The normalized spacial score (nSPS) is 10.5. The number of ether oxygens (including phenoxy) is 1. The predicted molar refractivity (Wildman–Crippen MR) is 80.9 cm³/mol. The number of anilines is 1. The third-order valence-corrected chi connectivity index (χ3v) is 3.11. The molecule has 2 nitrogen and oxygen atoms in total. The van der Waals surface area contributed by atoms with Gasteiger partial charge in [-0.25, -0.2) is 8.78 Å². The van der Waals surface area contributed by atoms with Gasteiger partial charge in [0.2, 0.25) is 0 Å². The SMILES string of the molecule is CCCOc1ccc(Cl)cc1NCc1ccc(F)c(F)c1. The van der Waals surface area contributed by atoms with E-state index in [0.717, 1.165) is 18.2 Å². The molecule has 1 N–H and O–H groups in total. The van der Waals surface area contributed by atoms with Crippen molar-refractivity contribution in [1.82, 2.24) is 0 Å². The first-order valence-corrected chi connectivity index (χ1v) is 7.08. The van der Waals surface area contributed by atoms with Gasteiger partial charge in [0.15, 0.2) is 11.6 Å².